The molecule has 3 heterocycles. The van der Waals surface area contributed by atoms with Gasteiger partial charge in [-0.05, 0) is 38.5 Å². The summed E-state index contributed by atoms with van der Waals surface area (Å²) in [5.41, 5.74) is 2.15. The minimum Gasteiger partial charge on any atom is -0.473 e. The number of hydrogen-bond donors (Lipinski definition) is 2. The van der Waals surface area contributed by atoms with Crippen LogP contribution in [0.3, 0.4) is 0 Å². The Morgan fingerprint density at radius 2 is 1.78 bits per heavy atom. The van der Waals surface area contributed by atoms with Crippen LogP contribution in [0.5, 0.6) is 5.88 Å². The third-order valence-corrected chi connectivity index (χ3v) is 7.13. The molecule has 2 aromatic carbocycles. The van der Waals surface area contributed by atoms with E-state index in [0.29, 0.717) is 29.6 Å². The van der Waals surface area contributed by atoms with Crippen LogP contribution in [-0.4, -0.2) is 77.7 Å². The number of ether oxygens (including phenoxy) is 3. The Labute approximate surface area is 236 Å². The van der Waals surface area contributed by atoms with Crippen molar-refractivity contribution in [3.05, 3.63) is 71.8 Å². The molecular formula is C29H34F3N5O4. The number of aromatic nitrogens is 2. The summed E-state index contributed by atoms with van der Waals surface area (Å²) in [6, 6.07) is 17.4. The Morgan fingerprint density at radius 1 is 1.10 bits per heavy atom. The number of halogens is 3. The number of benzene rings is 2. The van der Waals surface area contributed by atoms with E-state index >= 15 is 0 Å². The summed E-state index contributed by atoms with van der Waals surface area (Å²) in [5.74, 6) is -0.294. The number of hydrogen-bond acceptors (Lipinski definition) is 6. The lowest BCUT2D eigenvalue weighted by Crippen LogP contribution is -2.43. The summed E-state index contributed by atoms with van der Waals surface area (Å²) >= 11 is 0. The van der Waals surface area contributed by atoms with Gasteiger partial charge in [-0.3, -0.25) is 10.2 Å². The molecule has 41 heavy (non-hydrogen) atoms. The van der Waals surface area contributed by atoms with E-state index in [1.807, 2.05) is 74.5 Å². The first-order valence-electron chi connectivity index (χ1n) is 13.5. The minimum absolute atomic E-state index is 0.0671. The number of nitrogens with one attached hydrogen (secondary N) is 2. The summed E-state index contributed by atoms with van der Waals surface area (Å²) in [7, 11) is 0. The van der Waals surface area contributed by atoms with Crippen molar-refractivity contribution in [1.82, 2.24) is 20.0 Å². The molecule has 5 rings (SSSR count). The van der Waals surface area contributed by atoms with Gasteiger partial charge in [0.25, 0.3) is 0 Å². The number of carbonyl (C=O) groups excluding carboxylic acids is 1. The first-order chi connectivity index (χ1) is 19.5. The van der Waals surface area contributed by atoms with Gasteiger partial charge in [0, 0.05) is 19.0 Å². The molecule has 2 N–H and O–H groups in total. The molecule has 1 aromatic heterocycles. The van der Waals surface area contributed by atoms with Crippen molar-refractivity contribution < 1.29 is 32.2 Å². The van der Waals surface area contributed by atoms with Crippen LogP contribution in [0.4, 0.5) is 23.8 Å². The van der Waals surface area contributed by atoms with Crippen molar-refractivity contribution in [3.63, 3.8) is 0 Å². The molecule has 9 nitrogen and oxygen atoms in total. The fourth-order valence-corrected chi connectivity index (χ4v) is 5.30. The molecule has 0 bridgehead atoms. The fourth-order valence-electron chi connectivity index (χ4n) is 5.30. The van der Waals surface area contributed by atoms with Crippen LogP contribution in [0, 0.1) is 6.92 Å². The highest BCUT2D eigenvalue weighted by atomic mass is 19.4. The first-order valence-corrected chi connectivity index (χ1v) is 13.5. The van der Waals surface area contributed by atoms with E-state index in [1.165, 1.54) is 4.90 Å². The van der Waals surface area contributed by atoms with Crippen LogP contribution in [-0.2, 0) is 9.47 Å². The number of urea groups is 1. The van der Waals surface area contributed by atoms with Crippen molar-refractivity contribution in [2.75, 3.05) is 38.2 Å². The predicted octanol–water partition coefficient (Wildman–Crippen LogP) is 4.86. The molecule has 1 unspecified atom stereocenters. The minimum atomic E-state index is -4.33. The molecule has 0 aliphatic carbocycles. The number of amides is 2. The highest BCUT2D eigenvalue weighted by molar-refractivity contribution is 5.90. The van der Waals surface area contributed by atoms with Gasteiger partial charge in [0.1, 0.15) is 18.5 Å². The van der Waals surface area contributed by atoms with E-state index in [2.05, 4.69) is 15.7 Å². The molecule has 12 heteroatoms. The second kappa shape index (κ2) is 11.7. The maximum absolute atomic E-state index is 13.3. The van der Waals surface area contributed by atoms with E-state index < -0.39 is 30.6 Å². The third-order valence-electron chi connectivity index (χ3n) is 7.13. The SMILES string of the molecule is Cc1c(OCC2COC(C)(C)O2)nn(-c2ccccc2)c1NC(=O)N[C@H]1CN(CC(F)(F)F)C[C@@H]1c1ccccc1. The highest BCUT2D eigenvalue weighted by Crippen LogP contribution is 2.32. The van der Waals surface area contributed by atoms with Crippen molar-refractivity contribution in [3.8, 4) is 11.6 Å². The molecule has 220 valence electrons. The van der Waals surface area contributed by atoms with Gasteiger partial charge in [-0.1, -0.05) is 48.5 Å². The normalized spacial score (nSPS) is 22.5. The molecular weight excluding hydrogens is 539 g/mol. The maximum Gasteiger partial charge on any atom is 0.401 e. The third kappa shape index (κ3) is 7.19. The molecule has 3 aromatic rings. The molecule has 2 fully saturated rings. The van der Waals surface area contributed by atoms with Crippen molar-refractivity contribution in [2.24, 2.45) is 0 Å². The van der Waals surface area contributed by atoms with Gasteiger partial charge < -0.3 is 19.5 Å². The maximum atomic E-state index is 13.3. The van der Waals surface area contributed by atoms with Crippen LogP contribution >= 0.6 is 0 Å². The van der Waals surface area contributed by atoms with Gasteiger partial charge in [-0.15, -0.1) is 5.10 Å². The zero-order chi connectivity index (χ0) is 29.2. The summed E-state index contributed by atoms with van der Waals surface area (Å²) in [6.07, 6.45) is -4.61. The quantitative estimate of drug-likeness (QED) is 0.400. The molecule has 0 radical (unpaired) electrons. The highest BCUT2D eigenvalue weighted by Gasteiger charge is 2.40. The summed E-state index contributed by atoms with van der Waals surface area (Å²) in [4.78, 5) is 14.7. The topological polar surface area (TPSA) is 89.9 Å². The predicted molar refractivity (Wildman–Crippen MR) is 146 cm³/mol. The Bertz CT molecular complexity index is 1330. The van der Waals surface area contributed by atoms with Crippen LogP contribution in [0.1, 0.15) is 30.9 Å². The van der Waals surface area contributed by atoms with Gasteiger partial charge in [0.2, 0.25) is 5.88 Å². The Morgan fingerprint density at radius 3 is 2.41 bits per heavy atom. The number of alkyl halides is 3. The summed E-state index contributed by atoms with van der Waals surface area (Å²) < 4.78 is 58.5. The molecule has 0 spiro atoms. The van der Waals surface area contributed by atoms with E-state index in [0.717, 1.165) is 5.56 Å². The lowest BCUT2D eigenvalue weighted by atomic mass is 9.94. The standard InChI is InChI=1S/C29H34F3N5O4/c1-19-25(37(21-12-8-5-9-13-21)35-26(19)39-16-22-17-40-28(2,3)41-22)34-27(38)33-24-15-36(18-29(30,31)32)14-23(24)20-10-6-4-7-11-20/h4-13,22-24H,14-18H2,1-3H3,(H2,33,34,38)/t22?,23-,24+/m1/s1. The van der Waals surface area contributed by atoms with Gasteiger partial charge in [0.05, 0.1) is 30.4 Å². The van der Waals surface area contributed by atoms with Crippen LogP contribution < -0.4 is 15.4 Å². The second-order valence-electron chi connectivity index (χ2n) is 10.8. The Hall–Kier alpha value is -3.61. The van der Waals surface area contributed by atoms with E-state index in [9.17, 15) is 18.0 Å². The van der Waals surface area contributed by atoms with Crippen molar-refractivity contribution in [1.29, 1.82) is 0 Å². The molecule has 0 saturated carbocycles. The van der Waals surface area contributed by atoms with Crippen LogP contribution in [0.2, 0.25) is 0 Å². The van der Waals surface area contributed by atoms with Crippen molar-refractivity contribution in [2.45, 2.75) is 50.8 Å². The second-order valence-corrected chi connectivity index (χ2v) is 10.8. The summed E-state index contributed by atoms with van der Waals surface area (Å²) in [5, 5.41) is 10.4. The lowest BCUT2D eigenvalue weighted by molar-refractivity contribution is -0.143. The average molecular weight is 574 g/mol. The smallest absolute Gasteiger partial charge is 0.401 e. The average Bonchev–Trinajstić information content (AvgIpc) is 3.57. The van der Waals surface area contributed by atoms with Gasteiger partial charge in [-0.25, -0.2) is 9.48 Å². The number of likely N-dealkylation sites (tertiary alicyclic amines) is 1. The van der Waals surface area contributed by atoms with E-state index in [1.54, 1.807) is 11.6 Å². The zero-order valence-corrected chi connectivity index (χ0v) is 23.1. The molecule has 2 saturated heterocycles. The number of para-hydroxylation sites is 1. The molecule has 2 aliphatic heterocycles. The molecule has 3 atom stereocenters. The lowest BCUT2D eigenvalue weighted by Gasteiger charge is -2.21. The van der Waals surface area contributed by atoms with Gasteiger partial charge >= 0.3 is 12.2 Å². The number of carbonyl (C=O) groups is 1. The van der Waals surface area contributed by atoms with Crippen molar-refractivity contribution >= 4 is 11.8 Å². The molecule has 2 aliphatic rings. The largest absolute Gasteiger partial charge is 0.473 e. The van der Waals surface area contributed by atoms with E-state index in [-0.39, 0.29) is 31.7 Å². The summed E-state index contributed by atoms with van der Waals surface area (Å²) in [6.45, 7) is 5.24. The van der Waals surface area contributed by atoms with Gasteiger partial charge in [0.15, 0.2) is 5.79 Å². The Balaban J connectivity index is 1.34. The number of nitrogens with zero attached hydrogens (tertiary/aromatic N) is 3. The number of anilines is 1. The van der Waals surface area contributed by atoms with Crippen LogP contribution in [0.25, 0.3) is 5.69 Å². The monoisotopic (exact) mass is 573 g/mol. The van der Waals surface area contributed by atoms with Crippen LogP contribution in [0.15, 0.2) is 60.7 Å². The first kappa shape index (κ1) is 28.9. The van der Waals surface area contributed by atoms with Gasteiger partial charge in [-0.2, -0.15) is 13.2 Å². The fraction of sp³-hybridized carbons (Fsp3) is 0.448. The molecule has 2 amide bonds. The Kier molecular flexibility index (Phi) is 8.25. The zero-order valence-electron chi connectivity index (χ0n) is 23.1. The number of rotatable bonds is 8. The van der Waals surface area contributed by atoms with E-state index in [4.69, 9.17) is 14.2 Å².